The van der Waals surface area contributed by atoms with Crippen LogP contribution in [0.4, 0.5) is 0 Å². The Morgan fingerprint density at radius 1 is 1.42 bits per heavy atom. The molecular formula is C11H18N4O3S. The molecule has 3 N–H and O–H groups in total. The van der Waals surface area contributed by atoms with E-state index in [2.05, 4.69) is 10.2 Å². The SMILES string of the molecule is CCCc1[nH]nc(C(=O)N2CCCC2)c1S(N)(=O)=O. The molecule has 1 aromatic heterocycles. The van der Waals surface area contributed by atoms with E-state index in [0.29, 0.717) is 25.2 Å². The number of likely N-dealkylation sites (tertiary alicyclic amines) is 1. The highest BCUT2D eigenvalue weighted by atomic mass is 32.2. The van der Waals surface area contributed by atoms with Gasteiger partial charge in [0.15, 0.2) is 5.69 Å². The Hall–Kier alpha value is -1.41. The second kappa shape index (κ2) is 5.30. The summed E-state index contributed by atoms with van der Waals surface area (Å²) >= 11 is 0. The van der Waals surface area contributed by atoms with E-state index in [9.17, 15) is 13.2 Å². The first-order valence-corrected chi connectivity index (χ1v) is 7.89. The Labute approximate surface area is 112 Å². The molecule has 0 spiro atoms. The minimum atomic E-state index is -3.96. The normalized spacial score (nSPS) is 16.0. The van der Waals surface area contributed by atoms with Crippen molar-refractivity contribution in [3.05, 3.63) is 11.4 Å². The number of rotatable bonds is 4. The maximum atomic E-state index is 12.3. The number of aromatic amines is 1. The van der Waals surface area contributed by atoms with Crippen molar-refractivity contribution in [1.29, 1.82) is 0 Å². The standard InChI is InChI=1S/C11H18N4O3S/c1-2-5-8-10(19(12,17)18)9(14-13-8)11(16)15-6-3-4-7-15/h2-7H2,1H3,(H,13,14)(H2,12,17,18). The molecule has 2 heterocycles. The van der Waals surface area contributed by atoms with Gasteiger partial charge in [0.1, 0.15) is 4.90 Å². The number of nitrogens with zero attached hydrogens (tertiary/aromatic N) is 2. The van der Waals surface area contributed by atoms with Crippen molar-refractivity contribution in [3.63, 3.8) is 0 Å². The van der Waals surface area contributed by atoms with Gasteiger partial charge in [-0.1, -0.05) is 13.3 Å². The summed E-state index contributed by atoms with van der Waals surface area (Å²) in [5, 5.41) is 11.7. The maximum absolute atomic E-state index is 12.3. The lowest BCUT2D eigenvalue weighted by molar-refractivity contribution is 0.0783. The fourth-order valence-electron chi connectivity index (χ4n) is 2.31. The van der Waals surface area contributed by atoms with Gasteiger partial charge < -0.3 is 4.90 Å². The summed E-state index contributed by atoms with van der Waals surface area (Å²) in [7, 11) is -3.96. The lowest BCUT2D eigenvalue weighted by Crippen LogP contribution is -2.30. The number of carbonyl (C=O) groups is 1. The van der Waals surface area contributed by atoms with Crippen molar-refractivity contribution in [1.82, 2.24) is 15.1 Å². The van der Waals surface area contributed by atoms with Gasteiger partial charge in [-0.15, -0.1) is 0 Å². The first-order valence-electron chi connectivity index (χ1n) is 6.34. The summed E-state index contributed by atoms with van der Waals surface area (Å²) in [6, 6.07) is 0. The van der Waals surface area contributed by atoms with Gasteiger partial charge in [0.25, 0.3) is 5.91 Å². The van der Waals surface area contributed by atoms with E-state index in [1.165, 1.54) is 0 Å². The molecule has 1 fully saturated rings. The summed E-state index contributed by atoms with van der Waals surface area (Å²) < 4.78 is 23.4. The first-order chi connectivity index (χ1) is 8.95. The predicted octanol–water partition coefficient (Wildman–Crippen LogP) is 0.246. The molecule has 1 saturated heterocycles. The number of hydrogen-bond donors (Lipinski definition) is 2. The molecule has 1 aromatic rings. The third-order valence-corrected chi connectivity index (χ3v) is 4.18. The monoisotopic (exact) mass is 286 g/mol. The van der Waals surface area contributed by atoms with Crippen LogP contribution < -0.4 is 5.14 Å². The van der Waals surface area contributed by atoms with E-state index >= 15 is 0 Å². The molecule has 106 valence electrons. The first kappa shape index (κ1) is 14.0. The summed E-state index contributed by atoms with van der Waals surface area (Å²) in [4.78, 5) is 13.7. The van der Waals surface area contributed by atoms with Gasteiger partial charge in [0, 0.05) is 13.1 Å². The minimum absolute atomic E-state index is 0.0761. The average molecular weight is 286 g/mol. The predicted molar refractivity (Wildman–Crippen MR) is 69.1 cm³/mol. The molecule has 0 aliphatic carbocycles. The Kier molecular flexibility index (Phi) is 3.91. The number of primary sulfonamides is 1. The van der Waals surface area contributed by atoms with Crippen LogP contribution in [0.5, 0.6) is 0 Å². The quantitative estimate of drug-likeness (QED) is 0.826. The largest absolute Gasteiger partial charge is 0.337 e. The topological polar surface area (TPSA) is 109 Å². The average Bonchev–Trinajstić information content (AvgIpc) is 2.96. The Morgan fingerprint density at radius 3 is 2.58 bits per heavy atom. The van der Waals surface area contributed by atoms with Crippen molar-refractivity contribution in [3.8, 4) is 0 Å². The zero-order valence-electron chi connectivity index (χ0n) is 10.8. The van der Waals surface area contributed by atoms with Gasteiger partial charge in [0.05, 0.1) is 5.69 Å². The van der Waals surface area contributed by atoms with E-state index in [4.69, 9.17) is 5.14 Å². The second-order valence-electron chi connectivity index (χ2n) is 4.67. The highest BCUT2D eigenvalue weighted by Gasteiger charge is 2.30. The van der Waals surface area contributed by atoms with Crippen LogP contribution in [-0.4, -0.2) is 42.5 Å². The zero-order valence-corrected chi connectivity index (χ0v) is 11.7. The fraction of sp³-hybridized carbons (Fsp3) is 0.636. The Balaban J connectivity index is 2.42. The molecule has 1 amide bonds. The van der Waals surface area contributed by atoms with Crippen molar-refractivity contribution < 1.29 is 13.2 Å². The number of carbonyl (C=O) groups excluding carboxylic acids is 1. The van der Waals surface area contributed by atoms with E-state index in [-0.39, 0.29) is 16.5 Å². The number of sulfonamides is 1. The smallest absolute Gasteiger partial charge is 0.275 e. The third kappa shape index (κ3) is 2.79. The molecule has 1 aliphatic rings. The van der Waals surface area contributed by atoms with Crippen LogP contribution in [-0.2, 0) is 16.4 Å². The van der Waals surface area contributed by atoms with Gasteiger partial charge in [-0.05, 0) is 19.3 Å². The molecule has 19 heavy (non-hydrogen) atoms. The molecule has 1 aliphatic heterocycles. The molecule has 0 unspecified atom stereocenters. The second-order valence-corrected chi connectivity index (χ2v) is 6.17. The maximum Gasteiger partial charge on any atom is 0.275 e. The third-order valence-electron chi connectivity index (χ3n) is 3.17. The van der Waals surface area contributed by atoms with Crippen LogP contribution in [0.15, 0.2) is 4.90 Å². The van der Waals surface area contributed by atoms with E-state index in [0.717, 1.165) is 19.3 Å². The molecule has 7 nitrogen and oxygen atoms in total. The van der Waals surface area contributed by atoms with Crippen molar-refractivity contribution >= 4 is 15.9 Å². The van der Waals surface area contributed by atoms with Gasteiger partial charge in [-0.3, -0.25) is 9.89 Å². The van der Waals surface area contributed by atoms with Crippen LogP contribution in [0, 0.1) is 0 Å². The molecule has 0 saturated carbocycles. The fourth-order valence-corrected chi connectivity index (χ4v) is 3.20. The molecule has 0 radical (unpaired) electrons. The highest BCUT2D eigenvalue weighted by Crippen LogP contribution is 2.21. The van der Waals surface area contributed by atoms with Gasteiger partial charge in [0.2, 0.25) is 10.0 Å². The number of H-pyrrole nitrogens is 1. The summed E-state index contributed by atoms with van der Waals surface area (Å²) in [5.74, 6) is -0.361. The molecule has 2 rings (SSSR count). The summed E-state index contributed by atoms with van der Waals surface area (Å²) in [6.07, 6.45) is 3.10. The number of nitrogens with one attached hydrogen (secondary N) is 1. The minimum Gasteiger partial charge on any atom is -0.337 e. The number of amides is 1. The van der Waals surface area contributed by atoms with Crippen LogP contribution in [0.1, 0.15) is 42.4 Å². The number of nitrogens with two attached hydrogens (primary N) is 1. The lowest BCUT2D eigenvalue weighted by Gasteiger charge is -2.14. The van der Waals surface area contributed by atoms with Crippen LogP contribution in [0.25, 0.3) is 0 Å². The summed E-state index contributed by atoms with van der Waals surface area (Å²) in [6.45, 7) is 3.19. The van der Waals surface area contributed by atoms with Crippen LogP contribution in [0.2, 0.25) is 0 Å². The number of aromatic nitrogens is 2. The van der Waals surface area contributed by atoms with E-state index < -0.39 is 10.0 Å². The van der Waals surface area contributed by atoms with Crippen molar-refractivity contribution in [2.24, 2.45) is 5.14 Å². The van der Waals surface area contributed by atoms with Gasteiger partial charge >= 0.3 is 0 Å². The van der Waals surface area contributed by atoms with Gasteiger partial charge in [-0.25, -0.2) is 13.6 Å². The van der Waals surface area contributed by atoms with Crippen molar-refractivity contribution in [2.45, 2.75) is 37.5 Å². The molecule has 0 bridgehead atoms. The number of hydrogen-bond acceptors (Lipinski definition) is 4. The number of aryl methyl sites for hydroxylation is 1. The van der Waals surface area contributed by atoms with Crippen molar-refractivity contribution in [2.75, 3.05) is 13.1 Å². The Bertz CT molecular complexity index is 573. The zero-order chi connectivity index (χ0) is 14.0. The van der Waals surface area contributed by atoms with Crippen LogP contribution in [0.3, 0.4) is 0 Å². The van der Waals surface area contributed by atoms with Gasteiger partial charge in [-0.2, -0.15) is 5.10 Å². The molecule has 8 heteroatoms. The lowest BCUT2D eigenvalue weighted by atomic mass is 10.2. The summed E-state index contributed by atoms with van der Waals surface area (Å²) in [5.41, 5.74) is 0.334. The Morgan fingerprint density at radius 2 is 2.05 bits per heavy atom. The van der Waals surface area contributed by atoms with E-state index in [1.807, 2.05) is 6.92 Å². The molecule has 0 atom stereocenters. The van der Waals surface area contributed by atoms with E-state index in [1.54, 1.807) is 4.90 Å². The highest BCUT2D eigenvalue weighted by molar-refractivity contribution is 7.89. The van der Waals surface area contributed by atoms with Crippen LogP contribution >= 0.6 is 0 Å². The molecule has 0 aromatic carbocycles. The molecular weight excluding hydrogens is 268 g/mol.